The number of hydrogen-bond acceptors (Lipinski definition) is 5. The van der Waals surface area contributed by atoms with Gasteiger partial charge < -0.3 is 9.47 Å². The highest BCUT2D eigenvalue weighted by molar-refractivity contribution is 6.35. The van der Waals surface area contributed by atoms with Gasteiger partial charge in [-0.15, -0.1) is 18.0 Å². The first-order valence-electron chi connectivity index (χ1n) is 8.64. The molecular formula is C20H18Cl2FNO5. The Balaban J connectivity index is 2.59. The monoisotopic (exact) mass is 441 g/mol. The maximum absolute atomic E-state index is 14.7. The van der Waals surface area contributed by atoms with E-state index in [1.807, 2.05) is 0 Å². The number of hydrogen-bond donors (Lipinski definition) is 0. The Labute approximate surface area is 177 Å². The molecule has 0 unspecified atom stereocenters. The van der Waals surface area contributed by atoms with Crippen LogP contribution in [0.25, 0.3) is 0 Å². The van der Waals surface area contributed by atoms with Gasteiger partial charge in [-0.2, -0.15) is 0 Å². The smallest absolute Gasteiger partial charge is 0.334 e. The van der Waals surface area contributed by atoms with Gasteiger partial charge in [-0.25, -0.2) is 14.1 Å². The van der Waals surface area contributed by atoms with Crippen LogP contribution in [-0.4, -0.2) is 37.4 Å². The van der Waals surface area contributed by atoms with Crippen molar-refractivity contribution in [3.05, 3.63) is 34.1 Å². The van der Waals surface area contributed by atoms with E-state index in [9.17, 15) is 18.8 Å². The number of esters is 1. The molecule has 0 bridgehead atoms. The Morgan fingerprint density at radius 3 is 2.48 bits per heavy atom. The highest BCUT2D eigenvalue weighted by atomic mass is 35.5. The summed E-state index contributed by atoms with van der Waals surface area (Å²) in [6.07, 6.45) is 7.02. The molecule has 9 heteroatoms. The average Bonchev–Trinajstić information content (AvgIpc) is 2.73. The summed E-state index contributed by atoms with van der Waals surface area (Å²) in [5.74, 6) is -1.68. The molecule has 0 radical (unpaired) electrons. The van der Waals surface area contributed by atoms with Gasteiger partial charge in [0.25, 0.3) is 5.91 Å². The van der Waals surface area contributed by atoms with Crippen LogP contribution in [-0.2, 0) is 19.1 Å². The Bertz CT molecular complexity index is 907. The van der Waals surface area contributed by atoms with Crippen molar-refractivity contribution in [2.24, 2.45) is 0 Å². The quantitative estimate of drug-likeness (QED) is 0.382. The van der Waals surface area contributed by atoms with Crippen molar-refractivity contribution in [1.29, 1.82) is 0 Å². The fraction of sp³-hybridized carbons (Fsp3) is 0.350. The Hall–Kier alpha value is -2.56. The van der Waals surface area contributed by atoms with E-state index in [0.717, 1.165) is 12.1 Å². The number of imide groups is 1. The molecule has 0 saturated carbocycles. The van der Waals surface area contributed by atoms with Crippen LogP contribution in [0, 0.1) is 18.2 Å². The normalized spacial score (nSPS) is 13.5. The van der Waals surface area contributed by atoms with E-state index in [-0.39, 0.29) is 34.9 Å². The van der Waals surface area contributed by atoms with Gasteiger partial charge in [0.15, 0.2) is 0 Å². The number of amides is 2. The summed E-state index contributed by atoms with van der Waals surface area (Å²) in [5.41, 5.74) is -0.157. The lowest BCUT2D eigenvalue weighted by Crippen LogP contribution is -2.40. The molecule has 0 atom stereocenters. The second-order valence-electron chi connectivity index (χ2n) is 6.05. The molecule has 2 amide bonds. The number of nitrogens with zero attached hydrogens (tertiary/aromatic N) is 1. The fourth-order valence-corrected chi connectivity index (χ4v) is 3.29. The molecule has 0 aromatic heterocycles. The van der Waals surface area contributed by atoms with Crippen molar-refractivity contribution in [2.45, 2.75) is 25.7 Å². The Kier molecular flexibility index (Phi) is 8.06. The first-order valence-corrected chi connectivity index (χ1v) is 9.55. The van der Waals surface area contributed by atoms with Gasteiger partial charge in [0, 0.05) is 17.2 Å². The molecule has 0 saturated heterocycles. The molecule has 0 heterocycles. The van der Waals surface area contributed by atoms with Crippen LogP contribution < -0.4 is 9.64 Å². The topological polar surface area (TPSA) is 72.9 Å². The number of benzene rings is 1. The molecule has 2 rings (SSSR count). The van der Waals surface area contributed by atoms with Gasteiger partial charge >= 0.3 is 5.97 Å². The zero-order valence-corrected chi connectivity index (χ0v) is 17.1. The lowest BCUT2D eigenvalue weighted by atomic mass is 9.90. The summed E-state index contributed by atoms with van der Waals surface area (Å²) in [6.45, 7) is -0.153. The summed E-state index contributed by atoms with van der Waals surface area (Å²) in [5, 5.41) is -0.0839. The van der Waals surface area contributed by atoms with Crippen molar-refractivity contribution in [2.75, 3.05) is 24.5 Å². The van der Waals surface area contributed by atoms with Crippen LogP contribution in [0.2, 0.25) is 5.02 Å². The van der Waals surface area contributed by atoms with Crippen molar-refractivity contribution in [3.63, 3.8) is 0 Å². The van der Waals surface area contributed by atoms with Crippen molar-refractivity contribution in [1.82, 2.24) is 0 Å². The summed E-state index contributed by atoms with van der Waals surface area (Å²) in [4.78, 5) is 38.3. The van der Waals surface area contributed by atoms with Gasteiger partial charge in [0.1, 0.15) is 24.1 Å². The van der Waals surface area contributed by atoms with Crippen LogP contribution in [0.3, 0.4) is 0 Å². The number of halogens is 3. The Morgan fingerprint density at radius 1 is 1.24 bits per heavy atom. The largest absolute Gasteiger partial charge is 0.479 e. The number of rotatable bonds is 6. The second-order valence-corrected chi connectivity index (χ2v) is 6.73. The van der Waals surface area contributed by atoms with E-state index in [2.05, 4.69) is 5.92 Å². The molecule has 6 nitrogen and oxygen atoms in total. The second kappa shape index (κ2) is 10.3. The van der Waals surface area contributed by atoms with E-state index in [1.165, 1.54) is 7.11 Å². The van der Waals surface area contributed by atoms with Gasteiger partial charge in [0.05, 0.1) is 17.8 Å². The lowest BCUT2D eigenvalue weighted by molar-refractivity contribution is -0.137. The molecule has 29 heavy (non-hydrogen) atoms. The van der Waals surface area contributed by atoms with Gasteiger partial charge in [-0.3, -0.25) is 9.59 Å². The molecule has 1 aromatic carbocycles. The minimum absolute atomic E-state index is 0.00740. The van der Waals surface area contributed by atoms with Gasteiger partial charge in [-0.1, -0.05) is 17.5 Å². The van der Waals surface area contributed by atoms with Gasteiger partial charge in [0.2, 0.25) is 5.91 Å². The summed E-state index contributed by atoms with van der Waals surface area (Å²) in [7, 11) is 1.20. The van der Waals surface area contributed by atoms with Gasteiger partial charge in [-0.05, 0) is 31.7 Å². The SMILES string of the molecule is C#CCOc1cc(N(C(=O)CCl)C(=O)C2=C(C(=O)OC)CCCC2)c(F)cc1Cl. The zero-order chi connectivity index (χ0) is 21.6. The zero-order valence-electron chi connectivity index (χ0n) is 15.6. The number of carbonyl (C=O) groups is 3. The van der Waals surface area contributed by atoms with Crippen LogP contribution in [0.1, 0.15) is 25.7 Å². The molecule has 0 aliphatic heterocycles. The third kappa shape index (κ3) is 5.08. The number of carbonyl (C=O) groups excluding carboxylic acids is 3. The number of methoxy groups -OCH3 is 1. The lowest BCUT2D eigenvalue weighted by Gasteiger charge is -2.26. The predicted molar refractivity (Wildman–Crippen MR) is 106 cm³/mol. The minimum atomic E-state index is -0.939. The molecular weight excluding hydrogens is 424 g/mol. The number of terminal acetylenes is 1. The molecule has 1 aromatic rings. The molecule has 154 valence electrons. The summed E-state index contributed by atoms with van der Waals surface area (Å²) < 4.78 is 24.7. The third-order valence-electron chi connectivity index (χ3n) is 4.28. The summed E-state index contributed by atoms with van der Waals surface area (Å²) >= 11 is 11.6. The first kappa shape index (κ1) is 22.7. The first-order chi connectivity index (χ1) is 13.8. The number of anilines is 1. The van der Waals surface area contributed by atoms with Crippen LogP contribution >= 0.6 is 23.2 Å². The molecule has 0 N–H and O–H groups in total. The van der Waals surface area contributed by atoms with E-state index in [0.29, 0.717) is 24.2 Å². The predicted octanol–water partition coefficient (Wildman–Crippen LogP) is 3.63. The molecule has 1 aliphatic carbocycles. The Morgan fingerprint density at radius 2 is 1.90 bits per heavy atom. The van der Waals surface area contributed by atoms with Crippen molar-refractivity contribution < 1.29 is 28.2 Å². The summed E-state index contributed by atoms with van der Waals surface area (Å²) in [6, 6.07) is 2.00. The molecule has 1 aliphatic rings. The van der Waals surface area contributed by atoms with E-state index in [1.54, 1.807) is 0 Å². The molecule has 0 spiro atoms. The van der Waals surface area contributed by atoms with Crippen LogP contribution in [0.4, 0.5) is 10.1 Å². The van der Waals surface area contributed by atoms with E-state index >= 15 is 0 Å². The van der Waals surface area contributed by atoms with E-state index < -0.39 is 35.2 Å². The van der Waals surface area contributed by atoms with Crippen molar-refractivity contribution in [3.8, 4) is 18.1 Å². The van der Waals surface area contributed by atoms with E-state index in [4.69, 9.17) is 39.1 Å². The highest BCUT2D eigenvalue weighted by Crippen LogP contribution is 2.35. The van der Waals surface area contributed by atoms with Crippen LogP contribution in [0.5, 0.6) is 5.75 Å². The third-order valence-corrected chi connectivity index (χ3v) is 4.80. The maximum atomic E-state index is 14.7. The van der Waals surface area contributed by atoms with Crippen LogP contribution in [0.15, 0.2) is 23.3 Å². The number of ether oxygens (including phenoxy) is 2. The highest BCUT2D eigenvalue weighted by Gasteiger charge is 2.33. The van der Waals surface area contributed by atoms with Crippen molar-refractivity contribution >= 4 is 46.7 Å². The minimum Gasteiger partial charge on any atom is -0.479 e. The fourth-order valence-electron chi connectivity index (χ4n) is 2.96. The average molecular weight is 442 g/mol. The number of alkyl halides is 1. The molecule has 0 fully saturated rings. The maximum Gasteiger partial charge on any atom is 0.334 e. The standard InChI is InChI=1S/C20H18Cl2FNO5/c1-3-8-29-17-10-16(15(23)9-14(17)22)24(18(25)11-21)19(26)12-6-4-5-7-13(12)20(27)28-2/h1,9-10H,4-8,11H2,2H3.